The molecule has 0 aliphatic carbocycles. The summed E-state index contributed by atoms with van der Waals surface area (Å²) in [7, 11) is 0. The van der Waals surface area contributed by atoms with E-state index < -0.39 is 0 Å². The van der Waals surface area contributed by atoms with Crippen molar-refractivity contribution in [1.82, 2.24) is 9.66 Å². The molecule has 2 aromatic carbocycles. The molecule has 0 aliphatic heterocycles. The molecule has 0 aliphatic rings. The largest absolute Gasteiger partial charge is 0.330 e. The van der Waals surface area contributed by atoms with Crippen molar-refractivity contribution in [2.45, 2.75) is 0 Å². The van der Waals surface area contributed by atoms with E-state index in [1.54, 1.807) is 24.3 Å². The van der Waals surface area contributed by atoms with Crippen LogP contribution in [-0.4, -0.2) is 15.6 Å². The Morgan fingerprint density at radius 1 is 1.00 bits per heavy atom. The Kier molecular flexibility index (Phi) is 3.64. The summed E-state index contributed by atoms with van der Waals surface area (Å²) in [5.41, 5.74) is 4.11. The maximum atomic E-state index is 12.2. The minimum Gasteiger partial charge on any atom is -0.330 e. The molecule has 4 nitrogen and oxygen atoms in total. The molecule has 21 heavy (non-hydrogen) atoms. The van der Waals surface area contributed by atoms with Crippen molar-refractivity contribution in [2.75, 3.05) is 5.43 Å². The number of carbonyl (C=O) groups is 1. The zero-order valence-electron chi connectivity index (χ0n) is 10.9. The summed E-state index contributed by atoms with van der Waals surface area (Å²) in [6.07, 6.45) is 0. The molecular formula is C15H11N3OS2. The zero-order valence-corrected chi connectivity index (χ0v) is 12.5. The monoisotopic (exact) mass is 313 g/mol. The van der Waals surface area contributed by atoms with Gasteiger partial charge in [-0.05, 0) is 36.5 Å². The molecule has 0 radical (unpaired) electrons. The number of fused-ring (bicyclic) bond motifs is 1. The highest BCUT2D eigenvalue weighted by molar-refractivity contribution is 7.72. The van der Waals surface area contributed by atoms with Crippen molar-refractivity contribution in [3.05, 3.63) is 69.6 Å². The van der Waals surface area contributed by atoms with Gasteiger partial charge in [-0.25, -0.2) is 4.68 Å². The highest BCUT2D eigenvalue weighted by Crippen LogP contribution is 2.13. The Labute approximate surface area is 131 Å². The number of rotatable bonds is 2. The minimum absolute atomic E-state index is 0.263. The lowest BCUT2D eigenvalue weighted by molar-refractivity contribution is 0.101. The topological polar surface area (TPSA) is 49.8 Å². The first-order valence-electron chi connectivity index (χ1n) is 6.27. The van der Waals surface area contributed by atoms with Crippen LogP contribution in [0.5, 0.6) is 0 Å². The molecule has 3 aromatic rings. The van der Waals surface area contributed by atoms with E-state index in [1.165, 1.54) is 4.68 Å². The molecule has 1 amide bonds. The van der Waals surface area contributed by atoms with Crippen LogP contribution in [0.2, 0.25) is 0 Å². The average Bonchev–Trinajstić information content (AvgIpc) is 2.52. The van der Waals surface area contributed by atoms with Crippen LogP contribution < -0.4 is 5.43 Å². The molecule has 3 rings (SSSR count). The first-order chi connectivity index (χ1) is 10.2. The number of nitrogens with one attached hydrogen (secondary N) is 2. The number of aromatic nitrogens is 2. The predicted molar refractivity (Wildman–Crippen MR) is 88.1 cm³/mol. The molecule has 0 atom stereocenters. The third-order valence-electron chi connectivity index (χ3n) is 3.05. The number of carbonyl (C=O) groups excluding carboxylic acids is 1. The standard InChI is InChI=1S/C15H11N3OS2/c19-13(10-6-2-1-3-7-10)17-18-14(20)11-8-4-5-9-12(11)16-15(18)21/h1-9H,(H,16,21)(H,17,19). The lowest BCUT2D eigenvalue weighted by Crippen LogP contribution is -2.25. The summed E-state index contributed by atoms with van der Waals surface area (Å²) >= 11 is 10.7. The van der Waals surface area contributed by atoms with Gasteiger partial charge < -0.3 is 4.98 Å². The first-order valence-corrected chi connectivity index (χ1v) is 7.09. The van der Waals surface area contributed by atoms with E-state index in [2.05, 4.69) is 10.4 Å². The van der Waals surface area contributed by atoms with E-state index in [4.69, 9.17) is 24.4 Å². The van der Waals surface area contributed by atoms with Crippen molar-refractivity contribution in [2.24, 2.45) is 0 Å². The number of benzene rings is 2. The third kappa shape index (κ3) is 2.63. The van der Waals surface area contributed by atoms with Gasteiger partial charge in [0.15, 0.2) is 4.77 Å². The average molecular weight is 313 g/mol. The molecular weight excluding hydrogens is 302 g/mol. The SMILES string of the molecule is O=C(Nn1c(=S)[nH]c2ccccc2c1=S)c1ccccc1. The Balaban J connectivity index is 2.08. The minimum atomic E-state index is -0.263. The quantitative estimate of drug-likeness (QED) is 0.707. The van der Waals surface area contributed by atoms with Gasteiger partial charge in [0.25, 0.3) is 5.91 Å². The number of aromatic amines is 1. The van der Waals surface area contributed by atoms with E-state index in [9.17, 15) is 4.79 Å². The number of H-pyrrole nitrogens is 1. The van der Waals surface area contributed by atoms with Crippen LogP contribution in [0.25, 0.3) is 10.9 Å². The molecule has 0 spiro atoms. The third-order valence-corrected chi connectivity index (χ3v) is 3.74. The first kappa shape index (κ1) is 13.7. The fourth-order valence-electron chi connectivity index (χ4n) is 2.02. The highest BCUT2D eigenvalue weighted by Gasteiger charge is 2.08. The highest BCUT2D eigenvalue weighted by atomic mass is 32.1. The van der Waals surface area contributed by atoms with Gasteiger partial charge in [0.05, 0.1) is 5.52 Å². The van der Waals surface area contributed by atoms with Gasteiger partial charge in [0.2, 0.25) is 0 Å². The normalized spacial score (nSPS) is 10.5. The lowest BCUT2D eigenvalue weighted by Gasteiger charge is -2.11. The van der Waals surface area contributed by atoms with Crippen molar-refractivity contribution in [3.63, 3.8) is 0 Å². The van der Waals surface area contributed by atoms with E-state index in [1.807, 2.05) is 30.3 Å². The molecule has 1 heterocycles. The second-order valence-corrected chi connectivity index (χ2v) is 5.20. The summed E-state index contributed by atoms with van der Waals surface area (Å²) in [6.45, 7) is 0. The fourth-order valence-corrected chi connectivity index (χ4v) is 2.64. The smallest absolute Gasteiger partial charge is 0.270 e. The van der Waals surface area contributed by atoms with E-state index in [0.717, 1.165) is 10.9 Å². The second kappa shape index (κ2) is 5.59. The van der Waals surface area contributed by atoms with Gasteiger partial charge in [-0.2, -0.15) is 0 Å². The number of hydrogen-bond donors (Lipinski definition) is 2. The molecule has 1 aromatic heterocycles. The van der Waals surface area contributed by atoms with Crippen LogP contribution in [0, 0.1) is 9.41 Å². The van der Waals surface area contributed by atoms with Crippen LogP contribution in [0.3, 0.4) is 0 Å². The fraction of sp³-hybridized carbons (Fsp3) is 0. The van der Waals surface area contributed by atoms with Crippen LogP contribution in [0.1, 0.15) is 10.4 Å². The van der Waals surface area contributed by atoms with Gasteiger partial charge in [-0.15, -0.1) is 0 Å². The number of nitrogens with zero attached hydrogens (tertiary/aromatic N) is 1. The van der Waals surface area contributed by atoms with Gasteiger partial charge in [0.1, 0.15) is 4.64 Å². The zero-order chi connectivity index (χ0) is 14.8. The predicted octanol–water partition coefficient (Wildman–Crippen LogP) is 3.81. The molecule has 0 fully saturated rings. The Morgan fingerprint density at radius 3 is 2.43 bits per heavy atom. The maximum absolute atomic E-state index is 12.2. The van der Waals surface area contributed by atoms with E-state index in [0.29, 0.717) is 15.0 Å². The Bertz CT molecular complexity index is 929. The Morgan fingerprint density at radius 2 is 1.67 bits per heavy atom. The van der Waals surface area contributed by atoms with Crippen LogP contribution in [-0.2, 0) is 0 Å². The summed E-state index contributed by atoms with van der Waals surface area (Å²) in [5, 5.41) is 0.828. The molecule has 0 saturated carbocycles. The second-order valence-electron chi connectivity index (χ2n) is 4.42. The van der Waals surface area contributed by atoms with E-state index in [-0.39, 0.29) is 5.91 Å². The van der Waals surface area contributed by atoms with Crippen LogP contribution in [0.15, 0.2) is 54.6 Å². The van der Waals surface area contributed by atoms with Gasteiger partial charge in [0, 0.05) is 10.9 Å². The lowest BCUT2D eigenvalue weighted by atomic mass is 10.2. The summed E-state index contributed by atoms with van der Waals surface area (Å²) < 4.78 is 2.24. The molecule has 0 bridgehead atoms. The van der Waals surface area contributed by atoms with Crippen LogP contribution in [0.4, 0.5) is 0 Å². The number of hydrogen-bond acceptors (Lipinski definition) is 3. The Hall–Kier alpha value is -2.31. The van der Waals surface area contributed by atoms with E-state index >= 15 is 0 Å². The van der Waals surface area contributed by atoms with Crippen molar-refractivity contribution >= 4 is 41.2 Å². The summed E-state index contributed by atoms with van der Waals surface area (Å²) in [5.74, 6) is -0.263. The number of para-hydroxylation sites is 1. The van der Waals surface area contributed by atoms with Crippen molar-refractivity contribution in [1.29, 1.82) is 0 Å². The van der Waals surface area contributed by atoms with Crippen molar-refractivity contribution in [3.8, 4) is 0 Å². The summed E-state index contributed by atoms with van der Waals surface area (Å²) in [4.78, 5) is 15.3. The molecule has 0 saturated heterocycles. The molecule has 2 N–H and O–H groups in total. The van der Waals surface area contributed by atoms with Gasteiger partial charge in [-0.1, -0.05) is 42.5 Å². The molecule has 104 valence electrons. The number of amides is 1. The van der Waals surface area contributed by atoms with Gasteiger partial charge in [-0.3, -0.25) is 10.2 Å². The summed E-state index contributed by atoms with van der Waals surface area (Å²) in [6, 6.07) is 16.5. The van der Waals surface area contributed by atoms with Gasteiger partial charge >= 0.3 is 0 Å². The molecule has 6 heteroatoms. The maximum Gasteiger partial charge on any atom is 0.270 e. The molecule has 0 unspecified atom stereocenters. The van der Waals surface area contributed by atoms with Crippen LogP contribution >= 0.6 is 24.4 Å². The van der Waals surface area contributed by atoms with Crippen molar-refractivity contribution < 1.29 is 4.79 Å².